The minimum absolute atomic E-state index is 0.189. The number of carbonyl (C=O) groups is 2. The van der Waals surface area contributed by atoms with E-state index in [0.29, 0.717) is 0 Å². The second kappa shape index (κ2) is 9.90. The van der Waals surface area contributed by atoms with Gasteiger partial charge in [0, 0.05) is 0 Å². The van der Waals surface area contributed by atoms with E-state index in [-0.39, 0.29) is 11.6 Å². The van der Waals surface area contributed by atoms with Crippen LogP contribution in [0.3, 0.4) is 0 Å². The van der Waals surface area contributed by atoms with Gasteiger partial charge in [0.05, 0.1) is 11.1 Å². The molecular weight excluding hydrogens is 276 g/mol. The van der Waals surface area contributed by atoms with Crippen LogP contribution in [0.5, 0.6) is 0 Å². The van der Waals surface area contributed by atoms with E-state index in [9.17, 15) is 9.59 Å². The Morgan fingerprint density at radius 2 is 1.14 bits per heavy atom. The maximum atomic E-state index is 11.6. The molecule has 0 spiro atoms. The molecule has 2 unspecified atom stereocenters. The highest BCUT2D eigenvalue weighted by Gasteiger charge is 2.27. The van der Waals surface area contributed by atoms with E-state index in [1.165, 1.54) is 0 Å². The van der Waals surface area contributed by atoms with Gasteiger partial charge in [0.2, 0.25) is 0 Å². The van der Waals surface area contributed by atoms with Crippen LogP contribution < -0.4 is 10.6 Å². The molecule has 0 heterocycles. The molecule has 0 bridgehead atoms. The second-order valence-electron chi connectivity index (χ2n) is 6.53. The van der Waals surface area contributed by atoms with Crippen LogP contribution in [0.25, 0.3) is 0 Å². The van der Waals surface area contributed by atoms with Crippen molar-refractivity contribution < 1.29 is 9.59 Å². The van der Waals surface area contributed by atoms with E-state index in [2.05, 4.69) is 22.8 Å². The quantitative estimate of drug-likeness (QED) is 0.430. The van der Waals surface area contributed by atoms with Crippen molar-refractivity contribution in [3.8, 4) is 0 Å². The number of likely N-dealkylation sites (N-methyl/N-ethyl adjacent to an activating group) is 2. The first-order valence-corrected chi connectivity index (χ1v) is 8.27. The molecule has 128 valence electrons. The van der Waals surface area contributed by atoms with Crippen molar-refractivity contribution in [1.29, 1.82) is 0 Å². The first kappa shape index (κ1) is 21.0. The van der Waals surface area contributed by atoms with Gasteiger partial charge in [-0.3, -0.25) is 9.59 Å². The lowest BCUT2D eigenvalue weighted by atomic mass is 9.90. The van der Waals surface area contributed by atoms with E-state index in [1.54, 1.807) is 13.8 Å². The molecule has 0 aromatic heterocycles. The van der Waals surface area contributed by atoms with Crippen LogP contribution in [-0.4, -0.2) is 36.7 Å². The van der Waals surface area contributed by atoms with Crippen molar-refractivity contribution in [3.05, 3.63) is 12.2 Å². The summed E-state index contributed by atoms with van der Waals surface area (Å²) in [5, 5.41) is 6.22. The summed E-state index contributed by atoms with van der Waals surface area (Å²) in [7, 11) is 3.68. The lowest BCUT2D eigenvalue weighted by Crippen LogP contribution is -2.46. The van der Waals surface area contributed by atoms with Crippen molar-refractivity contribution >= 4 is 11.6 Å². The fourth-order valence-corrected chi connectivity index (χ4v) is 2.34. The van der Waals surface area contributed by atoms with Gasteiger partial charge in [-0.2, -0.15) is 0 Å². The third-order valence-corrected chi connectivity index (χ3v) is 4.92. The summed E-state index contributed by atoms with van der Waals surface area (Å²) >= 11 is 0. The van der Waals surface area contributed by atoms with Crippen molar-refractivity contribution in [1.82, 2.24) is 10.6 Å². The Hall–Kier alpha value is -1.00. The van der Waals surface area contributed by atoms with Gasteiger partial charge < -0.3 is 10.6 Å². The maximum absolute atomic E-state index is 11.6. The highest BCUT2D eigenvalue weighted by Crippen LogP contribution is 2.16. The molecule has 22 heavy (non-hydrogen) atoms. The number of ketones is 2. The molecule has 2 N–H and O–H groups in total. The second-order valence-corrected chi connectivity index (χ2v) is 6.53. The Labute approximate surface area is 136 Å². The zero-order chi connectivity index (χ0) is 17.2. The van der Waals surface area contributed by atoms with Crippen LogP contribution in [0.4, 0.5) is 0 Å². The predicted molar refractivity (Wildman–Crippen MR) is 93.1 cm³/mol. The minimum atomic E-state index is -0.399. The molecule has 2 atom stereocenters. The molecule has 4 heteroatoms. The Morgan fingerprint density at radius 3 is 1.36 bits per heavy atom. The summed E-state index contributed by atoms with van der Waals surface area (Å²) in [5.74, 6) is 0.379. The van der Waals surface area contributed by atoms with E-state index in [0.717, 1.165) is 38.5 Å². The summed E-state index contributed by atoms with van der Waals surface area (Å²) in [6, 6.07) is 0. The summed E-state index contributed by atoms with van der Waals surface area (Å²) in [5.41, 5.74) is -0.798. The first-order valence-electron chi connectivity index (χ1n) is 8.27. The Morgan fingerprint density at radius 1 is 0.818 bits per heavy atom. The van der Waals surface area contributed by atoms with Gasteiger partial charge in [-0.15, -0.1) is 0 Å². The predicted octanol–water partition coefficient (Wildman–Crippen LogP) is 3.02. The molecule has 0 aliphatic rings. The van der Waals surface area contributed by atoms with E-state index in [4.69, 9.17) is 0 Å². The highest BCUT2D eigenvalue weighted by molar-refractivity contribution is 5.85. The summed E-state index contributed by atoms with van der Waals surface area (Å²) < 4.78 is 0. The third kappa shape index (κ3) is 6.84. The number of nitrogens with one attached hydrogen (secondary N) is 2. The standard InChI is InChI=1S/C18H34N2O2/c1-15(21)17(3,19-5)13-11-9-7-8-10-12-14-18(4,20-6)16(2)22/h7-8,19-20H,9-14H2,1-6H3/b8-7-. The average molecular weight is 310 g/mol. The van der Waals surface area contributed by atoms with E-state index in [1.807, 2.05) is 27.9 Å². The Bertz CT molecular complexity index is 357. The van der Waals surface area contributed by atoms with Crippen LogP contribution >= 0.6 is 0 Å². The van der Waals surface area contributed by atoms with Gasteiger partial charge in [0.15, 0.2) is 0 Å². The van der Waals surface area contributed by atoms with E-state index >= 15 is 0 Å². The van der Waals surface area contributed by atoms with Gasteiger partial charge in [-0.1, -0.05) is 12.2 Å². The molecule has 0 radical (unpaired) electrons. The van der Waals surface area contributed by atoms with Crippen LogP contribution in [-0.2, 0) is 9.59 Å². The molecule has 0 amide bonds. The number of Topliss-reactive ketones (excluding diaryl/α,β-unsaturated/α-hetero) is 2. The van der Waals surface area contributed by atoms with Crippen molar-refractivity contribution in [3.63, 3.8) is 0 Å². The molecule has 0 aromatic carbocycles. The Kier molecular flexibility index (Phi) is 9.45. The van der Waals surface area contributed by atoms with Gasteiger partial charge in [-0.25, -0.2) is 0 Å². The summed E-state index contributed by atoms with van der Waals surface area (Å²) in [4.78, 5) is 23.1. The first-order chi connectivity index (χ1) is 10.2. The molecule has 0 saturated heterocycles. The van der Waals surface area contributed by atoms with Crippen LogP contribution in [0.2, 0.25) is 0 Å². The van der Waals surface area contributed by atoms with Crippen LogP contribution in [0, 0.1) is 0 Å². The maximum Gasteiger partial charge on any atom is 0.149 e. The van der Waals surface area contributed by atoms with Crippen LogP contribution in [0.1, 0.15) is 66.2 Å². The topological polar surface area (TPSA) is 58.2 Å². The van der Waals surface area contributed by atoms with Crippen LogP contribution in [0.15, 0.2) is 12.2 Å². The smallest absolute Gasteiger partial charge is 0.149 e. The fraction of sp³-hybridized carbons (Fsp3) is 0.778. The van der Waals surface area contributed by atoms with Crippen molar-refractivity contribution in [2.45, 2.75) is 77.3 Å². The van der Waals surface area contributed by atoms with Crippen molar-refractivity contribution in [2.75, 3.05) is 14.1 Å². The normalized spacial score (nSPS) is 17.2. The van der Waals surface area contributed by atoms with Crippen molar-refractivity contribution in [2.24, 2.45) is 0 Å². The fourth-order valence-electron chi connectivity index (χ4n) is 2.34. The lowest BCUT2D eigenvalue weighted by Gasteiger charge is -2.26. The third-order valence-electron chi connectivity index (χ3n) is 4.92. The molecule has 0 saturated carbocycles. The SMILES string of the molecule is CNC(C)(CCC/C=C\CCCC(C)(NC)C(C)=O)C(C)=O. The highest BCUT2D eigenvalue weighted by atomic mass is 16.1. The molecule has 0 fully saturated rings. The number of carbonyl (C=O) groups excluding carboxylic acids is 2. The number of hydrogen-bond acceptors (Lipinski definition) is 4. The average Bonchev–Trinajstić information content (AvgIpc) is 2.48. The van der Waals surface area contributed by atoms with Gasteiger partial charge >= 0.3 is 0 Å². The number of unbranched alkanes of at least 4 members (excludes halogenated alkanes) is 2. The zero-order valence-electron chi connectivity index (χ0n) is 15.2. The monoisotopic (exact) mass is 310 g/mol. The van der Waals surface area contributed by atoms with Gasteiger partial charge in [0.1, 0.15) is 11.6 Å². The summed E-state index contributed by atoms with van der Waals surface area (Å²) in [6.45, 7) is 7.19. The van der Waals surface area contributed by atoms with E-state index < -0.39 is 11.1 Å². The number of allylic oxidation sites excluding steroid dienone is 2. The molecular formula is C18H34N2O2. The summed E-state index contributed by atoms with van der Waals surface area (Å²) in [6.07, 6.45) is 10.0. The number of rotatable bonds is 12. The van der Waals surface area contributed by atoms with Gasteiger partial charge in [0.25, 0.3) is 0 Å². The largest absolute Gasteiger partial charge is 0.308 e. The Balaban J connectivity index is 3.94. The molecule has 4 nitrogen and oxygen atoms in total. The lowest BCUT2D eigenvalue weighted by molar-refractivity contribution is -0.123. The minimum Gasteiger partial charge on any atom is -0.308 e. The molecule has 0 aliphatic carbocycles. The number of hydrogen-bond donors (Lipinski definition) is 2. The zero-order valence-corrected chi connectivity index (χ0v) is 15.2. The molecule has 0 rings (SSSR count). The van der Waals surface area contributed by atoms with Gasteiger partial charge in [-0.05, 0) is 80.3 Å². The molecule has 0 aromatic rings. The molecule has 0 aliphatic heterocycles.